The molecule has 45 heavy (non-hydrogen) atoms. The standard InChI is InChI=1S/C17H37N5O.C17H36N4O/c1-11(2)10-15(21-13(5)6)16(23)22-14(12(3)4)8-7-9-20-17(18)19;1-11(2)10-14(12(3)4)16(22)21-15(13(5)6)8-7-9-20-17(18)19/h11-15,21H,7-10H2,1-6H3,(H,22,23)(H4,18,19,20);11-15H,7-10H2,1-6H3,(H,21,22)(H4,18,19,20). The number of carbonyl (C=O) groups excluding carboxylic acids is 2. The van der Waals surface area contributed by atoms with E-state index in [1.807, 2.05) is 0 Å². The van der Waals surface area contributed by atoms with Gasteiger partial charge >= 0.3 is 0 Å². The summed E-state index contributed by atoms with van der Waals surface area (Å²) in [4.78, 5) is 33.2. The van der Waals surface area contributed by atoms with Gasteiger partial charge in [0.2, 0.25) is 11.8 Å². The predicted molar refractivity (Wildman–Crippen MR) is 193 cm³/mol. The van der Waals surface area contributed by atoms with E-state index in [4.69, 9.17) is 22.9 Å². The number of rotatable bonds is 21. The molecule has 11 heteroatoms. The van der Waals surface area contributed by atoms with Crippen molar-refractivity contribution in [2.45, 2.75) is 146 Å². The summed E-state index contributed by atoms with van der Waals surface area (Å²) in [5.41, 5.74) is 21.3. The number of aliphatic imine (C=N–C) groups is 2. The minimum Gasteiger partial charge on any atom is -0.370 e. The molecule has 0 aliphatic carbocycles. The molecule has 0 aromatic carbocycles. The Morgan fingerprint density at radius 2 is 0.978 bits per heavy atom. The molecule has 11 nitrogen and oxygen atoms in total. The highest BCUT2D eigenvalue weighted by atomic mass is 16.2. The summed E-state index contributed by atoms with van der Waals surface area (Å²) in [5, 5.41) is 9.81. The summed E-state index contributed by atoms with van der Waals surface area (Å²) in [6, 6.07) is 0.452. The van der Waals surface area contributed by atoms with E-state index < -0.39 is 0 Å². The molecule has 0 saturated carbocycles. The van der Waals surface area contributed by atoms with Gasteiger partial charge in [-0.1, -0.05) is 83.1 Å². The lowest BCUT2D eigenvalue weighted by molar-refractivity contribution is -0.128. The van der Waals surface area contributed by atoms with Gasteiger partial charge < -0.3 is 38.9 Å². The smallest absolute Gasteiger partial charge is 0.237 e. The van der Waals surface area contributed by atoms with Crippen LogP contribution in [0.1, 0.15) is 122 Å². The SMILES string of the molecule is CC(C)CC(C(=O)NC(CCCN=C(N)N)C(C)C)C(C)C.CC(C)CC(NC(C)C)C(=O)NC(CCCN=C(N)N)C(C)C. The Labute approximate surface area is 276 Å². The molecule has 0 rings (SSSR count). The topological polar surface area (TPSA) is 199 Å². The maximum atomic E-state index is 12.6. The molecule has 266 valence electrons. The van der Waals surface area contributed by atoms with Gasteiger partial charge in [0, 0.05) is 37.1 Å². The van der Waals surface area contributed by atoms with Crippen LogP contribution in [0.3, 0.4) is 0 Å². The number of hydrogen-bond acceptors (Lipinski definition) is 5. The Bertz CT molecular complexity index is 837. The lowest BCUT2D eigenvalue weighted by Crippen LogP contribution is -2.51. The zero-order valence-corrected chi connectivity index (χ0v) is 31.0. The Balaban J connectivity index is 0. The van der Waals surface area contributed by atoms with Crippen LogP contribution in [-0.2, 0) is 9.59 Å². The van der Waals surface area contributed by atoms with E-state index in [0.717, 1.165) is 38.5 Å². The maximum absolute atomic E-state index is 12.6. The molecule has 0 radical (unpaired) electrons. The first-order valence-electron chi connectivity index (χ1n) is 17.3. The quantitative estimate of drug-likeness (QED) is 0.0557. The summed E-state index contributed by atoms with van der Waals surface area (Å²) in [5.74, 6) is 2.73. The third kappa shape index (κ3) is 24.4. The molecule has 0 bridgehead atoms. The van der Waals surface area contributed by atoms with Crippen molar-refractivity contribution in [1.29, 1.82) is 0 Å². The second kappa shape index (κ2) is 24.6. The van der Waals surface area contributed by atoms with Crippen molar-refractivity contribution in [2.24, 2.45) is 68.4 Å². The fraction of sp³-hybridized carbons (Fsp3) is 0.882. The number of amides is 2. The first-order valence-corrected chi connectivity index (χ1v) is 17.3. The summed E-state index contributed by atoms with van der Waals surface area (Å²) in [7, 11) is 0. The van der Waals surface area contributed by atoms with Crippen LogP contribution in [-0.4, -0.2) is 61.0 Å². The van der Waals surface area contributed by atoms with Crippen LogP contribution in [0.2, 0.25) is 0 Å². The molecule has 0 saturated heterocycles. The molecule has 0 aromatic heterocycles. The lowest BCUT2D eigenvalue weighted by atomic mass is 9.86. The molecule has 0 aromatic rings. The number of nitrogens with zero attached hydrogens (tertiary/aromatic N) is 2. The van der Waals surface area contributed by atoms with Crippen molar-refractivity contribution in [3.05, 3.63) is 0 Å². The van der Waals surface area contributed by atoms with Gasteiger partial charge in [-0.05, 0) is 68.1 Å². The zero-order valence-electron chi connectivity index (χ0n) is 31.0. The van der Waals surface area contributed by atoms with Gasteiger partial charge in [-0.2, -0.15) is 0 Å². The third-order valence-corrected chi connectivity index (χ3v) is 7.62. The van der Waals surface area contributed by atoms with Crippen molar-refractivity contribution < 1.29 is 9.59 Å². The van der Waals surface area contributed by atoms with E-state index in [1.165, 1.54) is 0 Å². The van der Waals surface area contributed by atoms with Crippen LogP contribution < -0.4 is 38.9 Å². The van der Waals surface area contributed by atoms with Gasteiger partial charge in [-0.15, -0.1) is 0 Å². The fourth-order valence-electron chi connectivity index (χ4n) is 5.07. The number of nitrogens with one attached hydrogen (secondary N) is 3. The van der Waals surface area contributed by atoms with Crippen LogP contribution in [0, 0.1) is 35.5 Å². The highest BCUT2D eigenvalue weighted by molar-refractivity contribution is 5.82. The maximum Gasteiger partial charge on any atom is 0.237 e. The number of carbonyl (C=O) groups is 2. The Hall–Kier alpha value is -2.56. The molecular weight excluding hydrogens is 566 g/mol. The van der Waals surface area contributed by atoms with Crippen LogP contribution in [0.15, 0.2) is 9.98 Å². The molecule has 4 atom stereocenters. The van der Waals surface area contributed by atoms with Crippen molar-refractivity contribution in [3.8, 4) is 0 Å². The Morgan fingerprint density at radius 3 is 1.29 bits per heavy atom. The summed E-state index contributed by atoms with van der Waals surface area (Å²) in [6.07, 6.45) is 5.26. The first-order chi connectivity index (χ1) is 20.8. The van der Waals surface area contributed by atoms with Gasteiger partial charge in [0.25, 0.3) is 0 Å². The molecule has 2 amide bonds. The van der Waals surface area contributed by atoms with E-state index >= 15 is 0 Å². The van der Waals surface area contributed by atoms with Gasteiger partial charge in [0.05, 0.1) is 6.04 Å². The molecule has 0 spiro atoms. The Kier molecular flexibility index (Phi) is 24.4. The molecule has 4 unspecified atom stereocenters. The number of hydrogen-bond donors (Lipinski definition) is 7. The average Bonchev–Trinajstić information content (AvgIpc) is 2.89. The van der Waals surface area contributed by atoms with Crippen LogP contribution >= 0.6 is 0 Å². The van der Waals surface area contributed by atoms with Gasteiger partial charge in [-0.3, -0.25) is 19.6 Å². The minimum atomic E-state index is -0.144. The van der Waals surface area contributed by atoms with E-state index in [1.54, 1.807) is 0 Å². The van der Waals surface area contributed by atoms with Crippen molar-refractivity contribution in [1.82, 2.24) is 16.0 Å². The van der Waals surface area contributed by atoms with E-state index in [9.17, 15) is 9.59 Å². The van der Waals surface area contributed by atoms with Gasteiger partial charge in [-0.25, -0.2) is 0 Å². The average molecular weight is 640 g/mol. The van der Waals surface area contributed by atoms with Crippen molar-refractivity contribution in [2.75, 3.05) is 13.1 Å². The zero-order chi connectivity index (χ0) is 35.3. The summed E-state index contributed by atoms with van der Waals surface area (Å²) in [6.45, 7) is 26.7. The number of guanidine groups is 2. The van der Waals surface area contributed by atoms with Crippen molar-refractivity contribution in [3.63, 3.8) is 0 Å². The minimum absolute atomic E-state index is 0.0824. The summed E-state index contributed by atoms with van der Waals surface area (Å²) < 4.78 is 0. The molecule has 0 heterocycles. The second-order valence-electron chi connectivity index (χ2n) is 14.6. The van der Waals surface area contributed by atoms with E-state index in [2.05, 4.69) is 109 Å². The van der Waals surface area contributed by atoms with Crippen molar-refractivity contribution >= 4 is 23.7 Å². The normalized spacial score (nSPS) is 14.2. The monoisotopic (exact) mass is 640 g/mol. The van der Waals surface area contributed by atoms with Gasteiger partial charge in [0.15, 0.2) is 11.9 Å². The Morgan fingerprint density at radius 1 is 0.578 bits per heavy atom. The molecular formula is C34H73N9O2. The highest BCUT2D eigenvalue weighted by Crippen LogP contribution is 2.22. The lowest BCUT2D eigenvalue weighted by Gasteiger charge is -2.28. The highest BCUT2D eigenvalue weighted by Gasteiger charge is 2.26. The van der Waals surface area contributed by atoms with Gasteiger partial charge in [0.1, 0.15) is 0 Å². The second-order valence-corrected chi connectivity index (χ2v) is 14.6. The van der Waals surface area contributed by atoms with Crippen LogP contribution in [0.25, 0.3) is 0 Å². The number of nitrogens with two attached hydrogens (primary N) is 4. The van der Waals surface area contributed by atoms with E-state index in [-0.39, 0.29) is 53.8 Å². The third-order valence-electron chi connectivity index (χ3n) is 7.62. The van der Waals surface area contributed by atoms with Crippen LogP contribution in [0.5, 0.6) is 0 Å². The van der Waals surface area contributed by atoms with E-state index in [0.29, 0.717) is 42.7 Å². The molecule has 0 aliphatic rings. The largest absolute Gasteiger partial charge is 0.370 e. The molecule has 0 fully saturated rings. The summed E-state index contributed by atoms with van der Waals surface area (Å²) >= 11 is 0. The fourth-order valence-corrected chi connectivity index (χ4v) is 5.07. The first kappa shape index (κ1) is 44.6. The predicted octanol–water partition coefficient (Wildman–Crippen LogP) is 4.09. The molecule has 11 N–H and O–H groups in total. The van der Waals surface area contributed by atoms with Crippen LogP contribution in [0.4, 0.5) is 0 Å². The molecule has 0 aliphatic heterocycles.